The van der Waals surface area contributed by atoms with Crippen molar-refractivity contribution in [2.24, 2.45) is 4.99 Å². The summed E-state index contributed by atoms with van der Waals surface area (Å²) in [6.45, 7) is 5.87. The van der Waals surface area contributed by atoms with Crippen LogP contribution < -0.4 is 15.4 Å². The van der Waals surface area contributed by atoms with Crippen LogP contribution in [0.2, 0.25) is 0 Å². The largest absolute Gasteiger partial charge is 0.496 e. The molecule has 0 fully saturated rings. The normalized spacial score (nSPS) is 12.8. The summed E-state index contributed by atoms with van der Waals surface area (Å²) in [4.78, 5) is 5.67. The van der Waals surface area contributed by atoms with Crippen molar-refractivity contribution in [1.82, 2.24) is 10.6 Å². The average Bonchev–Trinajstić information content (AvgIpc) is 3.09. The van der Waals surface area contributed by atoms with Crippen LogP contribution in [-0.4, -0.2) is 26.7 Å². The number of thiophene rings is 1. The number of guanidine groups is 1. The maximum Gasteiger partial charge on any atom is 0.191 e. The van der Waals surface area contributed by atoms with E-state index >= 15 is 0 Å². The van der Waals surface area contributed by atoms with Crippen LogP contribution in [0.15, 0.2) is 40.7 Å². The standard InChI is InChI=1S/C18H25N3OS/c1-13-10-15(7-8-16(13)22-4)12-21-18(19-3)20-11-14(2)17-6-5-9-23-17/h5-10,14H,11-12H2,1-4H3,(H2,19,20,21). The molecular weight excluding hydrogens is 306 g/mol. The molecule has 0 saturated heterocycles. The van der Waals surface area contributed by atoms with Gasteiger partial charge in [-0.2, -0.15) is 0 Å². The second kappa shape index (κ2) is 8.58. The predicted octanol–water partition coefficient (Wildman–Crippen LogP) is 3.53. The first-order valence-electron chi connectivity index (χ1n) is 7.75. The Bertz CT molecular complexity index is 638. The number of ether oxygens (including phenoxy) is 1. The molecule has 0 aliphatic heterocycles. The average molecular weight is 331 g/mol. The lowest BCUT2D eigenvalue weighted by Gasteiger charge is -2.15. The number of methoxy groups -OCH3 is 1. The molecular formula is C18H25N3OS. The van der Waals surface area contributed by atoms with Gasteiger partial charge in [-0.05, 0) is 35.6 Å². The van der Waals surface area contributed by atoms with Crippen molar-refractivity contribution >= 4 is 17.3 Å². The minimum absolute atomic E-state index is 0.469. The Hall–Kier alpha value is -2.01. The molecule has 0 aliphatic rings. The number of nitrogens with zero attached hydrogens (tertiary/aromatic N) is 1. The minimum Gasteiger partial charge on any atom is -0.496 e. The molecule has 0 amide bonds. The molecule has 0 bridgehead atoms. The SMILES string of the molecule is CN=C(NCc1ccc(OC)c(C)c1)NCC(C)c1cccs1. The van der Waals surface area contributed by atoms with E-state index in [1.165, 1.54) is 10.4 Å². The fourth-order valence-corrected chi connectivity index (χ4v) is 3.17. The summed E-state index contributed by atoms with van der Waals surface area (Å²) in [5.74, 6) is 2.21. The molecule has 0 spiro atoms. The van der Waals surface area contributed by atoms with Gasteiger partial charge in [-0.1, -0.05) is 25.1 Å². The van der Waals surface area contributed by atoms with Crippen LogP contribution in [0.3, 0.4) is 0 Å². The maximum absolute atomic E-state index is 5.29. The van der Waals surface area contributed by atoms with Gasteiger partial charge in [0.05, 0.1) is 7.11 Å². The molecule has 0 radical (unpaired) electrons. The molecule has 4 nitrogen and oxygen atoms in total. The van der Waals surface area contributed by atoms with E-state index in [0.29, 0.717) is 5.92 Å². The van der Waals surface area contributed by atoms with Gasteiger partial charge < -0.3 is 15.4 Å². The molecule has 1 atom stereocenters. The molecule has 23 heavy (non-hydrogen) atoms. The summed E-state index contributed by atoms with van der Waals surface area (Å²) in [6.07, 6.45) is 0. The van der Waals surface area contributed by atoms with Crippen molar-refractivity contribution in [2.75, 3.05) is 20.7 Å². The number of rotatable bonds is 6. The highest BCUT2D eigenvalue weighted by molar-refractivity contribution is 7.10. The van der Waals surface area contributed by atoms with Crippen LogP contribution in [0, 0.1) is 6.92 Å². The molecule has 2 N–H and O–H groups in total. The molecule has 0 aliphatic carbocycles. The highest BCUT2D eigenvalue weighted by atomic mass is 32.1. The number of hydrogen-bond acceptors (Lipinski definition) is 3. The smallest absolute Gasteiger partial charge is 0.191 e. The van der Waals surface area contributed by atoms with Gasteiger partial charge >= 0.3 is 0 Å². The maximum atomic E-state index is 5.29. The van der Waals surface area contributed by atoms with Crippen LogP contribution in [0.4, 0.5) is 0 Å². The number of nitrogens with one attached hydrogen (secondary N) is 2. The Morgan fingerprint density at radius 2 is 2.13 bits per heavy atom. The lowest BCUT2D eigenvalue weighted by Crippen LogP contribution is -2.38. The molecule has 0 saturated carbocycles. The van der Waals surface area contributed by atoms with Gasteiger partial charge in [-0.25, -0.2) is 0 Å². The van der Waals surface area contributed by atoms with Crippen LogP contribution in [0.25, 0.3) is 0 Å². The van der Waals surface area contributed by atoms with E-state index in [-0.39, 0.29) is 0 Å². The van der Waals surface area contributed by atoms with Crippen molar-refractivity contribution in [2.45, 2.75) is 26.3 Å². The molecule has 1 aromatic carbocycles. The summed E-state index contributed by atoms with van der Waals surface area (Å²) in [7, 11) is 3.49. The zero-order valence-electron chi connectivity index (χ0n) is 14.2. The van der Waals surface area contributed by atoms with Gasteiger partial charge in [-0.15, -0.1) is 11.3 Å². The van der Waals surface area contributed by atoms with Gasteiger partial charge in [0.1, 0.15) is 5.75 Å². The lowest BCUT2D eigenvalue weighted by atomic mass is 10.1. The highest BCUT2D eigenvalue weighted by Gasteiger charge is 2.07. The summed E-state index contributed by atoms with van der Waals surface area (Å²) in [6, 6.07) is 10.5. The van der Waals surface area contributed by atoms with E-state index in [2.05, 4.69) is 59.1 Å². The van der Waals surface area contributed by atoms with Gasteiger partial charge in [0.2, 0.25) is 0 Å². The molecule has 124 valence electrons. The summed E-state index contributed by atoms with van der Waals surface area (Å²) >= 11 is 1.79. The lowest BCUT2D eigenvalue weighted by molar-refractivity contribution is 0.411. The van der Waals surface area contributed by atoms with Gasteiger partial charge in [-0.3, -0.25) is 4.99 Å². The molecule has 1 heterocycles. The van der Waals surface area contributed by atoms with E-state index < -0.39 is 0 Å². The van der Waals surface area contributed by atoms with Crippen molar-refractivity contribution < 1.29 is 4.74 Å². The van der Waals surface area contributed by atoms with Crippen LogP contribution >= 0.6 is 11.3 Å². The molecule has 5 heteroatoms. The zero-order chi connectivity index (χ0) is 16.7. The Labute approximate surface area is 142 Å². The Morgan fingerprint density at radius 3 is 2.74 bits per heavy atom. The zero-order valence-corrected chi connectivity index (χ0v) is 15.0. The Morgan fingerprint density at radius 1 is 1.30 bits per heavy atom. The molecule has 2 rings (SSSR count). The first kappa shape index (κ1) is 17.3. The monoisotopic (exact) mass is 331 g/mol. The van der Waals surface area contributed by atoms with E-state index in [4.69, 9.17) is 4.74 Å². The van der Waals surface area contributed by atoms with Gasteiger partial charge in [0, 0.05) is 30.9 Å². The third-order valence-electron chi connectivity index (χ3n) is 3.75. The number of hydrogen-bond donors (Lipinski definition) is 2. The quantitative estimate of drug-likeness (QED) is 0.629. The second-order valence-corrected chi connectivity index (χ2v) is 6.51. The Kier molecular flexibility index (Phi) is 6.47. The van der Waals surface area contributed by atoms with Crippen LogP contribution in [0.5, 0.6) is 5.75 Å². The topological polar surface area (TPSA) is 45.7 Å². The van der Waals surface area contributed by atoms with Crippen LogP contribution in [0.1, 0.15) is 28.8 Å². The molecule has 2 aromatic rings. The Balaban J connectivity index is 1.84. The third-order valence-corrected chi connectivity index (χ3v) is 4.85. The fraction of sp³-hybridized carbons (Fsp3) is 0.389. The van der Waals surface area contributed by atoms with Crippen molar-refractivity contribution in [3.63, 3.8) is 0 Å². The van der Waals surface area contributed by atoms with Crippen molar-refractivity contribution in [1.29, 1.82) is 0 Å². The highest BCUT2D eigenvalue weighted by Crippen LogP contribution is 2.20. The number of benzene rings is 1. The van der Waals surface area contributed by atoms with Crippen molar-refractivity contribution in [3.05, 3.63) is 51.7 Å². The van der Waals surface area contributed by atoms with E-state index in [9.17, 15) is 0 Å². The van der Waals surface area contributed by atoms with Crippen molar-refractivity contribution in [3.8, 4) is 5.75 Å². The first-order valence-corrected chi connectivity index (χ1v) is 8.63. The fourth-order valence-electron chi connectivity index (χ4n) is 2.38. The van der Waals surface area contributed by atoms with Crippen LogP contribution in [-0.2, 0) is 6.54 Å². The third kappa shape index (κ3) is 4.99. The van der Waals surface area contributed by atoms with Gasteiger partial charge in [0.15, 0.2) is 5.96 Å². The summed E-state index contributed by atoms with van der Waals surface area (Å²) < 4.78 is 5.29. The second-order valence-electron chi connectivity index (χ2n) is 5.53. The van der Waals surface area contributed by atoms with E-state index in [0.717, 1.165) is 30.4 Å². The van der Waals surface area contributed by atoms with E-state index in [1.54, 1.807) is 25.5 Å². The van der Waals surface area contributed by atoms with Gasteiger partial charge in [0.25, 0.3) is 0 Å². The summed E-state index contributed by atoms with van der Waals surface area (Å²) in [5.41, 5.74) is 2.35. The number of aliphatic imine (C=N–C) groups is 1. The number of aryl methyl sites for hydroxylation is 1. The molecule has 1 aromatic heterocycles. The van der Waals surface area contributed by atoms with E-state index in [1.807, 2.05) is 6.07 Å². The first-order chi connectivity index (χ1) is 11.1. The predicted molar refractivity (Wildman–Crippen MR) is 98.7 cm³/mol. The molecule has 1 unspecified atom stereocenters. The summed E-state index contributed by atoms with van der Waals surface area (Å²) in [5, 5.41) is 8.85. The minimum atomic E-state index is 0.469.